The molecule has 0 saturated carbocycles. The number of nitrogens with two attached hydrogens (primary N) is 1. The van der Waals surface area contributed by atoms with Crippen molar-refractivity contribution < 1.29 is 4.74 Å². The molecule has 0 fully saturated rings. The number of nitrogen functional groups attached to an aromatic ring is 1. The summed E-state index contributed by atoms with van der Waals surface area (Å²) in [4.78, 5) is 25.7. The van der Waals surface area contributed by atoms with Gasteiger partial charge in [-0.15, -0.1) is 22.7 Å². The van der Waals surface area contributed by atoms with Gasteiger partial charge in [0.2, 0.25) is 0 Å². The largest absolute Gasteiger partial charge is 0.491 e. The average Bonchev–Trinajstić information content (AvgIpc) is 3.89. The lowest BCUT2D eigenvalue weighted by Gasteiger charge is -2.13. The smallest absolute Gasteiger partial charge is 0.272 e. The minimum atomic E-state index is -0.603. The molecule has 0 unspecified atom stereocenters. The number of fused-ring (bicyclic) bond motifs is 4. The molecule has 0 spiro atoms. The molecule has 0 atom stereocenters. The fraction of sp³-hybridized carbons (Fsp3) is 0.0286. The molecule has 5 N–H and O–H groups in total. The van der Waals surface area contributed by atoms with Gasteiger partial charge in [-0.05, 0) is 59.3 Å². The molecule has 0 saturated heterocycles. The number of methoxy groups -OCH3 is 1. The normalized spacial score (nSPS) is 11.4. The molecule has 4 aromatic heterocycles. The molecule has 0 bridgehead atoms. The molecule has 0 aliphatic rings. The lowest BCUT2D eigenvalue weighted by Crippen LogP contribution is -2.34. The summed E-state index contributed by atoms with van der Waals surface area (Å²) in [6.07, 6.45) is 3.54. The van der Waals surface area contributed by atoms with Gasteiger partial charge >= 0.3 is 0 Å². The summed E-state index contributed by atoms with van der Waals surface area (Å²) in [5, 5.41) is 21.8. The van der Waals surface area contributed by atoms with Crippen molar-refractivity contribution in [3.63, 3.8) is 0 Å². The Morgan fingerprint density at radius 1 is 0.696 bits per heavy atom. The summed E-state index contributed by atoms with van der Waals surface area (Å²) in [5.74, 6) is 0.0655. The average molecular weight is 641 g/mol. The monoisotopic (exact) mass is 640 g/mol. The fourth-order valence-electron chi connectivity index (χ4n) is 5.65. The molecule has 9 aromatic rings. The van der Waals surface area contributed by atoms with E-state index in [-0.39, 0.29) is 11.4 Å². The topological polar surface area (TPSA) is 139 Å². The molecule has 4 heterocycles. The van der Waals surface area contributed by atoms with Crippen molar-refractivity contribution in [2.24, 2.45) is 0 Å². The van der Waals surface area contributed by atoms with E-state index in [1.807, 2.05) is 42.6 Å². The van der Waals surface area contributed by atoms with Crippen LogP contribution in [0, 0.1) is 0 Å². The quantitative estimate of drug-likeness (QED) is 0.111. The van der Waals surface area contributed by atoms with Crippen LogP contribution in [0.1, 0.15) is 0 Å². The lowest BCUT2D eigenvalue weighted by atomic mass is 10.1. The van der Waals surface area contributed by atoms with Crippen LogP contribution in [0.3, 0.4) is 0 Å². The highest BCUT2D eigenvalue weighted by Gasteiger charge is 2.22. The third-order valence-electron chi connectivity index (χ3n) is 7.84. The predicted molar refractivity (Wildman–Crippen MR) is 189 cm³/mol. The molecular formula is C35H24N6O3S2. The number of aromatic amines is 2. The van der Waals surface area contributed by atoms with Gasteiger partial charge in [0.15, 0.2) is 5.75 Å². The zero-order chi connectivity index (χ0) is 31.4. The standard InChI is InChI=1S/C20H13N3O3S.C15H11N3S/c1-26-20-17(18(24)19(20)25)22-12-6-11-9-21-23-16(11)13(8-12)15-7-10-4-2-3-5-14(10)27-15;16-11-5-10-8-17-18-15(10)12(7-11)14-6-9-3-1-2-4-13(9)19-14/h2-9,22H,1H3,(H,21,23);1-8H,16H2,(H,17,18). The maximum atomic E-state index is 11.9. The highest BCUT2D eigenvalue weighted by atomic mass is 32.1. The number of H-pyrrole nitrogens is 2. The summed E-state index contributed by atoms with van der Waals surface area (Å²) in [6.45, 7) is 0. The van der Waals surface area contributed by atoms with E-state index in [9.17, 15) is 9.59 Å². The molecule has 9 nitrogen and oxygen atoms in total. The van der Waals surface area contributed by atoms with E-state index in [0.29, 0.717) is 5.69 Å². The van der Waals surface area contributed by atoms with Crippen LogP contribution in [0.2, 0.25) is 0 Å². The van der Waals surface area contributed by atoms with E-state index in [1.54, 1.807) is 28.9 Å². The second-order valence-corrected chi connectivity index (χ2v) is 12.9. The van der Waals surface area contributed by atoms with Crippen LogP contribution in [-0.2, 0) is 0 Å². The van der Waals surface area contributed by atoms with Gasteiger partial charge in [0.05, 0.1) is 30.5 Å². The number of nitrogens with one attached hydrogen (secondary N) is 3. The Morgan fingerprint density at radius 3 is 1.85 bits per heavy atom. The van der Waals surface area contributed by atoms with Gasteiger partial charge in [0.25, 0.3) is 10.9 Å². The van der Waals surface area contributed by atoms with Gasteiger partial charge in [0.1, 0.15) is 5.69 Å². The van der Waals surface area contributed by atoms with Gasteiger partial charge in [-0.1, -0.05) is 36.4 Å². The lowest BCUT2D eigenvalue weighted by molar-refractivity contribution is 0.408. The highest BCUT2D eigenvalue weighted by Crippen LogP contribution is 2.40. The number of nitrogens with zero attached hydrogens (tertiary/aromatic N) is 2. The SMILES string of the molecule is COc1c(Nc2cc(-c3cc4ccccc4s3)c3[nH]ncc3c2)c(=O)c1=O.Nc1cc(-c2cc3ccccc3s2)c2[nH]ncc2c1. The molecule has 46 heavy (non-hydrogen) atoms. The summed E-state index contributed by atoms with van der Waals surface area (Å²) < 4.78 is 7.49. The maximum absolute atomic E-state index is 11.9. The van der Waals surface area contributed by atoms with Crippen molar-refractivity contribution in [1.82, 2.24) is 20.4 Å². The minimum Gasteiger partial charge on any atom is -0.491 e. The number of anilines is 3. The van der Waals surface area contributed by atoms with E-state index >= 15 is 0 Å². The number of rotatable bonds is 5. The predicted octanol–water partition coefficient (Wildman–Crippen LogP) is 7.82. The second-order valence-electron chi connectivity index (χ2n) is 10.7. The van der Waals surface area contributed by atoms with Crippen LogP contribution in [0.15, 0.2) is 107 Å². The van der Waals surface area contributed by atoms with Gasteiger partial charge in [-0.25, -0.2) is 0 Å². The second kappa shape index (κ2) is 11.0. The van der Waals surface area contributed by atoms with Gasteiger partial charge in [-0.2, -0.15) is 10.2 Å². The number of hydrogen-bond acceptors (Lipinski definition) is 9. The Hall–Kier alpha value is -5.78. The molecule has 0 radical (unpaired) electrons. The van der Waals surface area contributed by atoms with Crippen molar-refractivity contribution in [3.8, 4) is 26.6 Å². The first-order chi connectivity index (χ1) is 22.5. The Bertz CT molecular complexity index is 2570. The van der Waals surface area contributed by atoms with Crippen LogP contribution in [-0.4, -0.2) is 27.5 Å². The molecule has 0 aliphatic carbocycles. The van der Waals surface area contributed by atoms with E-state index in [4.69, 9.17) is 10.5 Å². The van der Waals surface area contributed by atoms with Crippen molar-refractivity contribution in [3.05, 3.63) is 118 Å². The van der Waals surface area contributed by atoms with E-state index in [1.165, 1.54) is 32.2 Å². The minimum absolute atomic E-state index is 0.0655. The Kier molecular flexibility index (Phi) is 6.63. The molecule has 11 heteroatoms. The Labute approximate surface area is 268 Å². The van der Waals surface area contributed by atoms with Gasteiger partial charge in [0, 0.05) is 52.4 Å². The van der Waals surface area contributed by atoms with Crippen LogP contribution in [0.4, 0.5) is 17.1 Å². The number of ether oxygens (including phenoxy) is 1. The number of thiophene rings is 2. The van der Waals surface area contributed by atoms with Gasteiger partial charge < -0.3 is 15.8 Å². The Balaban J connectivity index is 0.000000144. The first-order valence-corrected chi connectivity index (χ1v) is 15.9. The molecule has 0 amide bonds. The first kappa shape index (κ1) is 27.7. The summed E-state index contributed by atoms with van der Waals surface area (Å²) >= 11 is 3.46. The van der Waals surface area contributed by atoms with E-state index < -0.39 is 10.9 Å². The zero-order valence-corrected chi connectivity index (χ0v) is 25.9. The first-order valence-electron chi connectivity index (χ1n) is 14.3. The Morgan fingerprint density at radius 2 is 1.26 bits per heavy atom. The summed E-state index contributed by atoms with van der Waals surface area (Å²) in [6, 6.07) is 28.7. The highest BCUT2D eigenvalue weighted by molar-refractivity contribution is 7.22. The van der Waals surface area contributed by atoms with Crippen LogP contribution < -0.4 is 26.6 Å². The zero-order valence-electron chi connectivity index (χ0n) is 24.3. The summed E-state index contributed by atoms with van der Waals surface area (Å²) in [5.41, 5.74) is 10.5. The van der Waals surface area contributed by atoms with Gasteiger partial charge in [-0.3, -0.25) is 19.8 Å². The van der Waals surface area contributed by atoms with Crippen molar-refractivity contribution in [1.29, 1.82) is 0 Å². The fourth-order valence-corrected chi connectivity index (χ4v) is 7.82. The third kappa shape index (κ3) is 4.69. The van der Waals surface area contributed by atoms with Crippen LogP contribution >= 0.6 is 22.7 Å². The molecular weight excluding hydrogens is 617 g/mol. The molecule has 224 valence electrons. The van der Waals surface area contributed by atoms with Crippen LogP contribution in [0.25, 0.3) is 62.9 Å². The van der Waals surface area contributed by atoms with Crippen molar-refractivity contribution in [2.75, 3.05) is 18.2 Å². The summed E-state index contributed by atoms with van der Waals surface area (Å²) in [7, 11) is 1.38. The number of aromatic nitrogens is 4. The number of benzene rings is 4. The van der Waals surface area contributed by atoms with E-state index in [2.05, 4.69) is 74.2 Å². The van der Waals surface area contributed by atoms with Crippen molar-refractivity contribution in [2.45, 2.75) is 0 Å². The van der Waals surface area contributed by atoms with Crippen LogP contribution in [0.5, 0.6) is 5.75 Å². The maximum Gasteiger partial charge on any atom is 0.272 e. The third-order valence-corrected chi connectivity index (χ3v) is 10.1. The van der Waals surface area contributed by atoms with E-state index in [0.717, 1.165) is 43.5 Å². The molecule has 5 aromatic carbocycles. The molecule has 0 aliphatic heterocycles. The number of hydrogen-bond donors (Lipinski definition) is 4. The van der Waals surface area contributed by atoms with Crippen molar-refractivity contribution >= 4 is 81.7 Å². The molecule has 9 rings (SSSR count).